The second-order valence-corrected chi connectivity index (χ2v) is 7.96. The van der Waals surface area contributed by atoms with Crippen molar-refractivity contribution in [3.8, 4) is 0 Å². The lowest BCUT2D eigenvalue weighted by atomic mass is 9.78. The molecule has 0 aromatic carbocycles. The highest BCUT2D eigenvalue weighted by Crippen LogP contribution is 2.36. The monoisotopic (exact) mass is 381 g/mol. The summed E-state index contributed by atoms with van der Waals surface area (Å²) in [6, 6.07) is 7.70. The minimum atomic E-state index is 0.00666. The number of nitrogens with one attached hydrogen (secondary N) is 3. The summed E-state index contributed by atoms with van der Waals surface area (Å²) in [5.41, 5.74) is 1.80. The molecule has 0 unspecified atom stereocenters. The number of nitrogens with zero attached hydrogens (tertiary/aromatic N) is 2. The number of carbonyl (C=O) groups excluding carboxylic acids is 2. The molecule has 2 amide bonds. The SMILES string of the molecule is O=C(Cc1ccccn1)NC1CC(c2cc(NC(=O)C3CCCCC3)n[nH]2)C1. The van der Waals surface area contributed by atoms with Crippen LogP contribution in [0.1, 0.15) is 62.3 Å². The summed E-state index contributed by atoms with van der Waals surface area (Å²) in [7, 11) is 0. The lowest BCUT2D eigenvalue weighted by Crippen LogP contribution is -2.44. The zero-order chi connectivity index (χ0) is 19.3. The van der Waals surface area contributed by atoms with Crippen molar-refractivity contribution in [1.82, 2.24) is 20.5 Å². The quantitative estimate of drug-likeness (QED) is 0.716. The molecule has 7 heteroatoms. The number of amides is 2. The molecule has 3 N–H and O–H groups in total. The van der Waals surface area contributed by atoms with Gasteiger partial charge in [0, 0.05) is 41.5 Å². The van der Waals surface area contributed by atoms with Crippen LogP contribution in [0, 0.1) is 5.92 Å². The molecule has 2 aliphatic rings. The Hall–Kier alpha value is -2.70. The van der Waals surface area contributed by atoms with Gasteiger partial charge >= 0.3 is 0 Å². The Kier molecular flexibility index (Phi) is 5.69. The van der Waals surface area contributed by atoms with Gasteiger partial charge in [0.15, 0.2) is 5.82 Å². The number of carbonyl (C=O) groups is 2. The van der Waals surface area contributed by atoms with Crippen molar-refractivity contribution >= 4 is 17.6 Å². The van der Waals surface area contributed by atoms with Gasteiger partial charge in [-0.15, -0.1) is 0 Å². The second kappa shape index (κ2) is 8.54. The Labute approximate surface area is 164 Å². The lowest BCUT2D eigenvalue weighted by molar-refractivity contribution is -0.122. The summed E-state index contributed by atoms with van der Waals surface area (Å²) in [6.45, 7) is 0. The van der Waals surface area contributed by atoms with Crippen LogP contribution in [0.2, 0.25) is 0 Å². The first-order valence-corrected chi connectivity index (χ1v) is 10.2. The Morgan fingerprint density at radius 1 is 1.14 bits per heavy atom. The normalized spacial score (nSPS) is 22.3. The highest BCUT2D eigenvalue weighted by Gasteiger charge is 2.33. The Morgan fingerprint density at radius 2 is 1.96 bits per heavy atom. The van der Waals surface area contributed by atoms with E-state index in [1.54, 1.807) is 6.20 Å². The van der Waals surface area contributed by atoms with Gasteiger partial charge in [-0.05, 0) is 37.8 Å². The molecule has 2 saturated carbocycles. The van der Waals surface area contributed by atoms with E-state index in [1.807, 2.05) is 24.3 Å². The van der Waals surface area contributed by atoms with E-state index >= 15 is 0 Å². The van der Waals surface area contributed by atoms with Crippen molar-refractivity contribution in [3.05, 3.63) is 41.9 Å². The number of hydrogen-bond acceptors (Lipinski definition) is 4. The van der Waals surface area contributed by atoms with Crippen molar-refractivity contribution < 1.29 is 9.59 Å². The Bertz CT molecular complexity index is 807. The second-order valence-electron chi connectivity index (χ2n) is 7.96. The smallest absolute Gasteiger partial charge is 0.228 e. The summed E-state index contributed by atoms with van der Waals surface area (Å²) in [6.07, 6.45) is 9.24. The summed E-state index contributed by atoms with van der Waals surface area (Å²) in [5.74, 6) is 1.16. The van der Waals surface area contributed by atoms with Gasteiger partial charge in [0.1, 0.15) is 0 Å². The number of aromatic nitrogens is 3. The van der Waals surface area contributed by atoms with Crippen LogP contribution in [-0.2, 0) is 16.0 Å². The standard InChI is InChI=1S/C21H27N5O2/c27-20(12-16-8-4-5-9-22-16)23-17-10-15(11-17)18-13-19(26-25-18)24-21(28)14-6-2-1-3-7-14/h4-5,8-9,13-15,17H,1-3,6-7,10-12H2,(H,23,27)(H2,24,25,26,28). The van der Waals surface area contributed by atoms with Gasteiger partial charge in [-0.3, -0.25) is 19.7 Å². The van der Waals surface area contributed by atoms with Crippen LogP contribution in [0.25, 0.3) is 0 Å². The molecule has 7 nitrogen and oxygen atoms in total. The summed E-state index contributed by atoms with van der Waals surface area (Å²) < 4.78 is 0. The van der Waals surface area contributed by atoms with Crippen molar-refractivity contribution in [2.45, 2.75) is 63.3 Å². The summed E-state index contributed by atoms with van der Waals surface area (Å²) in [5, 5.41) is 13.3. The minimum Gasteiger partial charge on any atom is -0.353 e. The molecular weight excluding hydrogens is 354 g/mol. The molecule has 2 aromatic heterocycles. The molecule has 2 heterocycles. The van der Waals surface area contributed by atoms with E-state index in [-0.39, 0.29) is 23.8 Å². The predicted molar refractivity (Wildman–Crippen MR) is 106 cm³/mol. The molecule has 2 aromatic rings. The first-order valence-electron chi connectivity index (χ1n) is 10.2. The van der Waals surface area contributed by atoms with E-state index in [2.05, 4.69) is 25.8 Å². The molecule has 28 heavy (non-hydrogen) atoms. The molecule has 0 spiro atoms. The van der Waals surface area contributed by atoms with Crippen LogP contribution < -0.4 is 10.6 Å². The highest BCUT2D eigenvalue weighted by atomic mass is 16.2. The Balaban J connectivity index is 1.21. The van der Waals surface area contributed by atoms with Crippen LogP contribution >= 0.6 is 0 Å². The van der Waals surface area contributed by atoms with E-state index in [0.717, 1.165) is 49.9 Å². The molecule has 148 valence electrons. The van der Waals surface area contributed by atoms with Crippen molar-refractivity contribution in [2.24, 2.45) is 5.92 Å². The molecule has 0 bridgehead atoms. The van der Waals surface area contributed by atoms with Crippen molar-refractivity contribution in [1.29, 1.82) is 0 Å². The summed E-state index contributed by atoms with van der Waals surface area (Å²) >= 11 is 0. The number of aromatic amines is 1. The molecule has 2 aliphatic carbocycles. The van der Waals surface area contributed by atoms with Crippen LogP contribution in [0.15, 0.2) is 30.5 Å². The molecule has 4 rings (SSSR count). The van der Waals surface area contributed by atoms with E-state index < -0.39 is 0 Å². The topological polar surface area (TPSA) is 99.8 Å². The fourth-order valence-electron chi connectivity index (χ4n) is 4.14. The third-order valence-electron chi connectivity index (χ3n) is 5.84. The first kappa shape index (κ1) is 18.7. The fourth-order valence-corrected chi connectivity index (χ4v) is 4.14. The van der Waals surface area contributed by atoms with E-state index in [1.165, 1.54) is 6.42 Å². The highest BCUT2D eigenvalue weighted by molar-refractivity contribution is 5.91. The minimum absolute atomic E-state index is 0.00666. The number of hydrogen-bond donors (Lipinski definition) is 3. The molecular formula is C21H27N5O2. The fraction of sp³-hybridized carbons (Fsp3) is 0.524. The summed E-state index contributed by atoms with van der Waals surface area (Å²) in [4.78, 5) is 28.6. The molecule has 0 atom stereocenters. The van der Waals surface area contributed by atoms with Crippen LogP contribution in [-0.4, -0.2) is 33.0 Å². The zero-order valence-corrected chi connectivity index (χ0v) is 16.0. The Morgan fingerprint density at radius 3 is 2.71 bits per heavy atom. The van der Waals surface area contributed by atoms with Crippen LogP contribution in [0.4, 0.5) is 5.82 Å². The molecule has 0 radical (unpaired) electrons. The molecule has 2 fully saturated rings. The van der Waals surface area contributed by atoms with Crippen molar-refractivity contribution in [2.75, 3.05) is 5.32 Å². The lowest BCUT2D eigenvalue weighted by Gasteiger charge is -2.35. The van der Waals surface area contributed by atoms with E-state index in [4.69, 9.17) is 0 Å². The maximum Gasteiger partial charge on any atom is 0.228 e. The van der Waals surface area contributed by atoms with Gasteiger partial charge < -0.3 is 10.6 Å². The van der Waals surface area contributed by atoms with Gasteiger partial charge in [0.2, 0.25) is 11.8 Å². The van der Waals surface area contributed by atoms with Crippen molar-refractivity contribution in [3.63, 3.8) is 0 Å². The maximum absolute atomic E-state index is 12.3. The average Bonchev–Trinajstić information content (AvgIpc) is 3.13. The molecule has 0 saturated heterocycles. The number of H-pyrrole nitrogens is 1. The predicted octanol–water partition coefficient (Wildman–Crippen LogP) is 2.93. The zero-order valence-electron chi connectivity index (χ0n) is 16.0. The first-order chi connectivity index (χ1) is 13.7. The largest absolute Gasteiger partial charge is 0.353 e. The van der Waals surface area contributed by atoms with Gasteiger partial charge in [0.05, 0.1) is 6.42 Å². The van der Waals surface area contributed by atoms with Gasteiger partial charge in [-0.25, -0.2) is 0 Å². The maximum atomic E-state index is 12.3. The number of rotatable bonds is 6. The van der Waals surface area contributed by atoms with Gasteiger partial charge in [-0.2, -0.15) is 5.10 Å². The van der Waals surface area contributed by atoms with E-state index in [9.17, 15) is 9.59 Å². The third-order valence-corrected chi connectivity index (χ3v) is 5.84. The molecule has 0 aliphatic heterocycles. The third kappa shape index (κ3) is 4.58. The van der Waals surface area contributed by atoms with Crippen LogP contribution in [0.5, 0.6) is 0 Å². The van der Waals surface area contributed by atoms with Gasteiger partial charge in [-0.1, -0.05) is 25.3 Å². The average molecular weight is 381 g/mol. The number of pyridine rings is 1. The van der Waals surface area contributed by atoms with E-state index in [0.29, 0.717) is 18.2 Å². The van der Waals surface area contributed by atoms with Crippen LogP contribution in [0.3, 0.4) is 0 Å². The number of anilines is 1. The van der Waals surface area contributed by atoms with Gasteiger partial charge in [0.25, 0.3) is 0 Å².